The number of nitrogens with zero attached hydrogens (tertiary/aromatic N) is 3. The molecule has 2 aliphatic heterocycles. The number of rotatable bonds is 4. The van der Waals surface area contributed by atoms with Crippen LogP contribution in [0.2, 0.25) is 0 Å². The van der Waals surface area contributed by atoms with Gasteiger partial charge < -0.3 is 14.4 Å². The van der Waals surface area contributed by atoms with Crippen molar-refractivity contribution in [2.75, 3.05) is 51.4 Å². The van der Waals surface area contributed by atoms with Crippen molar-refractivity contribution in [2.24, 2.45) is 0 Å². The number of nitro groups is 1. The van der Waals surface area contributed by atoms with Gasteiger partial charge in [-0.1, -0.05) is 0 Å². The van der Waals surface area contributed by atoms with Gasteiger partial charge in [-0.3, -0.25) is 15.0 Å². The highest BCUT2D eigenvalue weighted by Crippen LogP contribution is 2.39. The molecule has 1 aromatic rings. The molecule has 0 saturated carbocycles. The highest BCUT2D eigenvalue weighted by Gasteiger charge is 2.29. The quantitative estimate of drug-likeness (QED) is 0.572. The summed E-state index contributed by atoms with van der Waals surface area (Å²) >= 11 is 3.33. The number of nitro benzene ring substituents is 1. The number of ether oxygens (including phenoxy) is 2. The average molecular weight is 400 g/mol. The van der Waals surface area contributed by atoms with Crippen molar-refractivity contribution in [1.29, 1.82) is 0 Å². The fraction of sp³-hybridized carbons (Fsp3) is 0.625. The smallest absolute Gasteiger partial charge is 0.293 e. The van der Waals surface area contributed by atoms with Crippen LogP contribution in [0.3, 0.4) is 0 Å². The number of hydrogen-bond donors (Lipinski definition) is 0. The molecule has 2 saturated heterocycles. The Labute approximate surface area is 149 Å². The fourth-order valence-electron chi connectivity index (χ4n) is 3.50. The molecule has 0 amide bonds. The zero-order chi connectivity index (χ0) is 17.1. The summed E-state index contributed by atoms with van der Waals surface area (Å²) in [6.07, 6.45) is 2.02. The molecule has 3 rings (SSSR count). The highest BCUT2D eigenvalue weighted by molar-refractivity contribution is 9.10. The molecule has 2 heterocycles. The molecular formula is C16H22BrN3O4. The Hall–Kier alpha value is -1.38. The molecule has 0 unspecified atom stereocenters. The largest absolute Gasteiger partial charge is 0.495 e. The van der Waals surface area contributed by atoms with Crippen LogP contribution >= 0.6 is 15.9 Å². The van der Waals surface area contributed by atoms with Crippen LogP contribution in [-0.2, 0) is 4.74 Å². The third-order valence-electron chi connectivity index (χ3n) is 4.81. The standard InChI is InChI=1S/C16H22BrN3O4/c1-23-16-11-14(15(20(21)22)10-13(16)17)19-4-2-12(3-5-19)18-6-8-24-9-7-18/h10-12H,2-9H2,1H3. The lowest BCUT2D eigenvalue weighted by Crippen LogP contribution is -2.49. The summed E-state index contributed by atoms with van der Waals surface area (Å²) in [6.45, 7) is 5.19. The van der Waals surface area contributed by atoms with Gasteiger partial charge in [0.15, 0.2) is 0 Å². The van der Waals surface area contributed by atoms with E-state index in [0.29, 0.717) is 22.0 Å². The lowest BCUT2D eigenvalue weighted by Gasteiger charge is -2.40. The van der Waals surface area contributed by atoms with E-state index in [4.69, 9.17) is 9.47 Å². The van der Waals surface area contributed by atoms with Crippen LogP contribution < -0.4 is 9.64 Å². The van der Waals surface area contributed by atoms with E-state index in [1.807, 2.05) is 0 Å². The molecule has 0 radical (unpaired) electrons. The van der Waals surface area contributed by atoms with Crippen molar-refractivity contribution in [1.82, 2.24) is 4.90 Å². The summed E-state index contributed by atoms with van der Waals surface area (Å²) in [7, 11) is 1.57. The second-order valence-electron chi connectivity index (χ2n) is 6.10. The number of benzene rings is 1. The minimum absolute atomic E-state index is 0.118. The molecule has 8 heteroatoms. The van der Waals surface area contributed by atoms with Gasteiger partial charge >= 0.3 is 0 Å². The van der Waals surface area contributed by atoms with Gasteiger partial charge in [0.2, 0.25) is 0 Å². The Morgan fingerprint density at radius 2 is 1.92 bits per heavy atom. The number of morpholine rings is 1. The Balaban J connectivity index is 1.74. The monoisotopic (exact) mass is 399 g/mol. The number of anilines is 1. The molecule has 132 valence electrons. The Kier molecular flexibility index (Phi) is 5.57. The van der Waals surface area contributed by atoms with Crippen molar-refractivity contribution in [2.45, 2.75) is 18.9 Å². The van der Waals surface area contributed by atoms with Crippen molar-refractivity contribution in [3.05, 3.63) is 26.7 Å². The van der Waals surface area contributed by atoms with Gasteiger partial charge in [-0.2, -0.15) is 0 Å². The number of halogens is 1. The summed E-state index contributed by atoms with van der Waals surface area (Å²) in [5, 5.41) is 11.4. The maximum Gasteiger partial charge on any atom is 0.293 e. The van der Waals surface area contributed by atoms with Crippen LogP contribution in [0.4, 0.5) is 11.4 Å². The first-order chi connectivity index (χ1) is 11.6. The van der Waals surface area contributed by atoms with Gasteiger partial charge in [-0.15, -0.1) is 0 Å². The first-order valence-corrected chi connectivity index (χ1v) is 8.98. The highest BCUT2D eigenvalue weighted by atomic mass is 79.9. The van der Waals surface area contributed by atoms with E-state index in [-0.39, 0.29) is 10.6 Å². The van der Waals surface area contributed by atoms with Crippen molar-refractivity contribution >= 4 is 27.3 Å². The van der Waals surface area contributed by atoms with E-state index in [1.165, 1.54) is 6.07 Å². The van der Waals surface area contributed by atoms with Gasteiger partial charge in [0.25, 0.3) is 5.69 Å². The van der Waals surface area contributed by atoms with Crippen LogP contribution in [-0.4, -0.2) is 62.4 Å². The predicted molar refractivity (Wildman–Crippen MR) is 95.0 cm³/mol. The third kappa shape index (κ3) is 3.65. The lowest BCUT2D eigenvalue weighted by molar-refractivity contribution is -0.384. The second-order valence-corrected chi connectivity index (χ2v) is 6.95. The molecule has 0 atom stereocenters. The molecule has 24 heavy (non-hydrogen) atoms. The Morgan fingerprint density at radius 3 is 2.50 bits per heavy atom. The molecule has 0 bridgehead atoms. The minimum atomic E-state index is -0.326. The summed E-state index contributed by atoms with van der Waals surface area (Å²) < 4.78 is 11.3. The molecule has 0 N–H and O–H groups in total. The molecule has 0 aromatic heterocycles. The van der Waals surface area contributed by atoms with E-state index < -0.39 is 0 Å². The molecule has 0 aliphatic carbocycles. The number of hydrogen-bond acceptors (Lipinski definition) is 6. The minimum Gasteiger partial charge on any atom is -0.495 e. The van der Waals surface area contributed by atoms with Crippen molar-refractivity contribution in [3.8, 4) is 5.75 Å². The van der Waals surface area contributed by atoms with Gasteiger partial charge in [0.1, 0.15) is 11.4 Å². The van der Waals surface area contributed by atoms with Crippen LogP contribution in [0.5, 0.6) is 5.75 Å². The lowest BCUT2D eigenvalue weighted by atomic mass is 10.0. The molecule has 1 aromatic carbocycles. The molecule has 7 nitrogen and oxygen atoms in total. The second kappa shape index (κ2) is 7.67. The predicted octanol–water partition coefficient (Wildman–Crippen LogP) is 2.67. The van der Waals surface area contributed by atoms with Crippen LogP contribution in [0.25, 0.3) is 0 Å². The third-order valence-corrected chi connectivity index (χ3v) is 5.43. The topological polar surface area (TPSA) is 68.1 Å². The van der Waals surface area contributed by atoms with Crippen molar-refractivity contribution < 1.29 is 14.4 Å². The van der Waals surface area contributed by atoms with Gasteiger partial charge in [0, 0.05) is 44.4 Å². The molecule has 2 fully saturated rings. The van der Waals surface area contributed by atoms with Crippen LogP contribution in [0.1, 0.15) is 12.8 Å². The Morgan fingerprint density at radius 1 is 1.25 bits per heavy atom. The van der Waals surface area contributed by atoms with Gasteiger partial charge in [-0.25, -0.2) is 0 Å². The van der Waals surface area contributed by atoms with E-state index in [9.17, 15) is 10.1 Å². The van der Waals surface area contributed by atoms with E-state index in [2.05, 4.69) is 25.7 Å². The molecule has 0 spiro atoms. The van der Waals surface area contributed by atoms with Gasteiger partial charge in [0.05, 0.1) is 29.7 Å². The summed E-state index contributed by atoms with van der Waals surface area (Å²) in [5.74, 6) is 0.617. The molecule has 2 aliphatic rings. The fourth-order valence-corrected chi connectivity index (χ4v) is 4.00. The van der Waals surface area contributed by atoms with Gasteiger partial charge in [-0.05, 0) is 28.8 Å². The summed E-state index contributed by atoms with van der Waals surface area (Å²) in [4.78, 5) is 15.7. The number of piperidine rings is 1. The zero-order valence-electron chi connectivity index (χ0n) is 13.7. The van der Waals surface area contributed by atoms with E-state index >= 15 is 0 Å². The first-order valence-electron chi connectivity index (χ1n) is 8.19. The SMILES string of the molecule is COc1cc(N2CCC(N3CCOCC3)CC2)c([N+](=O)[O-])cc1Br. The van der Waals surface area contributed by atoms with Crippen LogP contribution in [0.15, 0.2) is 16.6 Å². The first kappa shape index (κ1) is 17.4. The Bertz CT molecular complexity index is 599. The van der Waals surface area contributed by atoms with Crippen molar-refractivity contribution in [3.63, 3.8) is 0 Å². The summed E-state index contributed by atoms with van der Waals surface area (Å²) in [5.41, 5.74) is 0.757. The van der Waals surface area contributed by atoms with Crippen LogP contribution in [0, 0.1) is 10.1 Å². The van der Waals surface area contributed by atoms with E-state index in [1.54, 1.807) is 13.2 Å². The normalized spacial score (nSPS) is 20.2. The average Bonchev–Trinajstić information content (AvgIpc) is 2.62. The maximum absolute atomic E-state index is 11.4. The van der Waals surface area contributed by atoms with E-state index in [0.717, 1.165) is 52.2 Å². The molecular weight excluding hydrogens is 378 g/mol. The maximum atomic E-state index is 11.4. The zero-order valence-corrected chi connectivity index (χ0v) is 15.3. The number of methoxy groups -OCH3 is 1. The summed E-state index contributed by atoms with van der Waals surface area (Å²) in [6, 6.07) is 3.83.